The van der Waals surface area contributed by atoms with E-state index in [9.17, 15) is 0 Å². The molecule has 0 heterocycles. The molecular weight excluding hydrogens is 196 g/mol. The van der Waals surface area contributed by atoms with Crippen LogP contribution in [0.3, 0.4) is 0 Å². The van der Waals surface area contributed by atoms with Crippen molar-refractivity contribution >= 4 is 17.2 Å². The first-order valence-electron chi connectivity index (χ1n) is 5.15. The summed E-state index contributed by atoms with van der Waals surface area (Å²) in [5.41, 5.74) is 5.55. The molecule has 4 heteroatoms. The number of rotatable bonds is 5. The lowest BCUT2D eigenvalue weighted by Gasteiger charge is -2.35. The van der Waals surface area contributed by atoms with Gasteiger partial charge in [-0.15, -0.1) is 0 Å². The molecule has 0 spiro atoms. The maximum Gasteiger partial charge on any atom is 0.0768 e. The van der Waals surface area contributed by atoms with Gasteiger partial charge in [-0.05, 0) is 25.8 Å². The standard InChI is InChI=1S/C10H20N2OS/c1-7(10(11)14)5-12(2)6-8-3-9(13)4-8/h7-9,13H,3-6H2,1-2H3,(H2,11,14). The molecule has 1 aliphatic rings. The zero-order valence-electron chi connectivity index (χ0n) is 8.94. The molecule has 14 heavy (non-hydrogen) atoms. The minimum absolute atomic E-state index is 0.0543. The monoisotopic (exact) mass is 216 g/mol. The number of aliphatic hydroxyl groups excluding tert-OH is 1. The molecule has 0 aliphatic heterocycles. The zero-order chi connectivity index (χ0) is 10.7. The van der Waals surface area contributed by atoms with E-state index in [-0.39, 0.29) is 12.0 Å². The van der Waals surface area contributed by atoms with Gasteiger partial charge < -0.3 is 15.7 Å². The van der Waals surface area contributed by atoms with E-state index in [4.69, 9.17) is 23.1 Å². The van der Waals surface area contributed by atoms with Crippen molar-refractivity contribution in [1.29, 1.82) is 0 Å². The number of hydrogen-bond donors (Lipinski definition) is 2. The smallest absolute Gasteiger partial charge is 0.0768 e. The third kappa shape index (κ3) is 3.52. The number of aliphatic hydroxyl groups is 1. The molecule has 1 saturated carbocycles. The lowest BCUT2D eigenvalue weighted by molar-refractivity contribution is 0.0277. The van der Waals surface area contributed by atoms with Crippen LogP contribution in [-0.4, -0.2) is 41.2 Å². The molecule has 0 bridgehead atoms. The van der Waals surface area contributed by atoms with E-state index in [0.717, 1.165) is 25.9 Å². The summed E-state index contributed by atoms with van der Waals surface area (Å²) < 4.78 is 0. The largest absolute Gasteiger partial charge is 0.393 e. The number of thiocarbonyl (C=S) groups is 1. The Bertz CT molecular complexity index is 204. The first-order valence-corrected chi connectivity index (χ1v) is 5.55. The molecule has 1 fully saturated rings. The zero-order valence-corrected chi connectivity index (χ0v) is 9.76. The first-order chi connectivity index (χ1) is 6.49. The van der Waals surface area contributed by atoms with Crippen LogP contribution in [0.4, 0.5) is 0 Å². The van der Waals surface area contributed by atoms with Gasteiger partial charge >= 0.3 is 0 Å². The summed E-state index contributed by atoms with van der Waals surface area (Å²) in [7, 11) is 2.08. The Balaban J connectivity index is 2.15. The molecule has 1 unspecified atom stereocenters. The van der Waals surface area contributed by atoms with Crippen molar-refractivity contribution in [3.8, 4) is 0 Å². The number of nitrogens with two attached hydrogens (primary N) is 1. The van der Waals surface area contributed by atoms with E-state index >= 15 is 0 Å². The van der Waals surface area contributed by atoms with Crippen molar-refractivity contribution in [3.05, 3.63) is 0 Å². The molecule has 3 nitrogen and oxygen atoms in total. The van der Waals surface area contributed by atoms with Gasteiger partial charge in [-0.3, -0.25) is 0 Å². The minimum Gasteiger partial charge on any atom is -0.393 e. The molecule has 1 rings (SSSR count). The van der Waals surface area contributed by atoms with Gasteiger partial charge in [0.2, 0.25) is 0 Å². The summed E-state index contributed by atoms with van der Waals surface area (Å²) in [4.78, 5) is 2.84. The summed E-state index contributed by atoms with van der Waals surface area (Å²) in [6.45, 7) is 4.01. The summed E-state index contributed by atoms with van der Waals surface area (Å²) in [5, 5.41) is 9.14. The fourth-order valence-corrected chi connectivity index (χ4v) is 2.00. The van der Waals surface area contributed by atoms with E-state index in [1.54, 1.807) is 0 Å². The van der Waals surface area contributed by atoms with Crippen molar-refractivity contribution in [2.45, 2.75) is 25.9 Å². The molecule has 0 amide bonds. The fraction of sp³-hybridized carbons (Fsp3) is 0.900. The molecule has 0 aromatic carbocycles. The Kier molecular flexibility index (Phi) is 4.29. The van der Waals surface area contributed by atoms with Gasteiger partial charge in [0.25, 0.3) is 0 Å². The average Bonchev–Trinajstić information content (AvgIpc) is 2.01. The molecule has 1 atom stereocenters. The van der Waals surface area contributed by atoms with Crippen molar-refractivity contribution in [1.82, 2.24) is 4.90 Å². The minimum atomic E-state index is -0.0543. The summed E-state index contributed by atoms with van der Waals surface area (Å²) in [6.07, 6.45) is 1.85. The van der Waals surface area contributed by atoms with Gasteiger partial charge in [-0.2, -0.15) is 0 Å². The van der Waals surface area contributed by atoms with Crippen molar-refractivity contribution in [3.63, 3.8) is 0 Å². The van der Waals surface area contributed by atoms with E-state index < -0.39 is 0 Å². The lowest BCUT2D eigenvalue weighted by Crippen LogP contribution is -2.40. The van der Waals surface area contributed by atoms with Gasteiger partial charge in [0.15, 0.2) is 0 Å². The third-order valence-corrected chi connectivity index (χ3v) is 3.25. The van der Waals surface area contributed by atoms with Crippen LogP contribution >= 0.6 is 12.2 Å². The summed E-state index contributed by atoms with van der Waals surface area (Å²) in [5.74, 6) is 0.938. The van der Waals surface area contributed by atoms with Crippen LogP contribution in [0.1, 0.15) is 19.8 Å². The fourth-order valence-electron chi connectivity index (χ4n) is 1.92. The van der Waals surface area contributed by atoms with Crippen molar-refractivity contribution in [2.75, 3.05) is 20.1 Å². The third-order valence-electron chi connectivity index (χ3n) is 2.85. The normalized spacial score (nSPS) is 28.6. The Morgan fingerprint density at radius 3 is 2.64 bits per heavy atom. The predicted octanol–water partition coefficient (Wildman–Crippen LogP) is 0.611. The van der Waals surface area contributed by atoms with Gasteiger partial charge in [-0.1, -0.05) is 19.1 Å². The number of nitrogens with zero attached hydrogens (tertiary/aromatic N) is 1. The highest BCUT2D eigenvalue weighted by atomic mass is 32.1. The Morgan fingerprint density at radius 1 is 1.64 bits per heavy atom. The Hall–Kier alpha value is -0.190. The average molecular weight is 216 g/mol. The number of hydrogen-bond acceptors (Lipinski definition) is 3. The van der Waals surface area contributed by atoms with Gasteiger partial charge in [0.1, 0.15) is 0 Å². The van der Waals surface area contributed by atoms with Crippen molar-refractivity contribution < 1.29 is 5.11 Å². The SMILES string of the molecule is CC(CN(C)CC1CC(O)C1)C(N)=S. The highest BCUT2D eigenvalue weighted by Gasteiger charge is 2.28. The molecule has 0 aromatic rings. The van der Waals surface area contributed by atoms with E-state index in [2.05, 4.69) is 18.9 Å². The maximum absolute atomic E-state index is 9.14. The second-order valence-electron chi connectivity index (χ2n) is 4.52. The first kappa shape index (κ1) is 11.9. The molecule has 0 radical (unpaired) electrons. The van der Waals surface area contributed by atoms with Crippen LogP contribution in [0.5, 0.6) is 0 Å². The highest BCUT2D eigenvalue weighted by molar-refractivity contribution is 7.80. The molecule has 3 N–H and O–H groups in total. The molecule has 1 aliphatic carbocycles. The van der Waals surface area contributed by atoms with Crippen LogP contribution in [0.25, 0.3) is 0 Å². The highest BCUT2D eigenvalue weighted by Crippen LogP contribution is 2.27. The molecule has 0 aromatic heterocycles. The topological polar surface area (TPSA) is 49.5 Å². The quantitative estimate of drug-likeness (QED) is 0.661. The van der Waals surface area contributed by atoms with E-state index in [1.807, 2.05) is 0 Å². The van der Waals surface area contributed by atoms with Crippen LogP contribution < -0.4 is 5.73 Å². The van der Waals surface area contributed by atoms with Crippen LogP contribution in [0.2, 0.25) is 0 Å². The van der Waals surface area contributed by atoms with Crippen LogP contribution in [0.15, 0.2) is 0 Å². The van der Waals surface area contributed by atoms with E-state index in [1.165, 1.54) is 0 Å². The predicted molar refractivity (Wildman–Crippen MR) is 62.2 cm³/mol. The summed E-state index contributed by atoms with van der Waals surface area (Å²) >= 11 is 4.92. The Labute approximate surface area is 91.3 Å². The maximum atomic E-state index is 9.14. The van der Waals surface area contributed by atoms with Crippen LogP contribution in [0, 0.1) is 11.8 Å². The molecular formula is C10H20N2OS. The second kappa shape index (κ2) is 5.05. The molecule has 82 valence electrons. The van der Waals surface area contributed by atoms with Crippen LogP contribution in [-0.2, 0) is 0 Å². The lowest BCUT2D eigenvalue weighted by atomic mass is 9.82. The summed E-state index contributed by atoms with van der Waals surface area (Å²) in [6, 6.07) is 0. The van der Waals surface area contributed by atoms with Gasteiger partial charge in [0, 0.05) is 19.0 Å². The molecule has 0 saturated heterocycles. The Morgan fingerprint density at radius 2 is 2.21 bits per heavy atom. The van der Waals surface area contributed by atoms with Gasteiger partial charge in [0.05, 0.1) is 11.1 Å². The second-order valence-corrected chi connectivity index (χ2v) is 4.99. The van der Waals surface area contributed by atoms with E-state index in [0.29, 0.717) is 10.9 Å². The van der Waals surface area contributed by atoms with Gasteiger partial charge in [-0.25, -0.2) is 0 Å². The van der Waals surface area contributed by atoms with Crippen molar-refractivity contribution in [2.24, 2.45) is 17.6 Å².